The van der Waals surface area contributed by atoms with Crippen LogP contribution < -0.4 is 0 Å². The summed E-state index contributed by atoms with van der Waals surface area (Å²) in [5.41, 5.74) is 0.913. The van der Waals surface area contributed by atoms with Crippen LogP contribution in [-0.4, -0.2) is 33.8 Å². The van der Waals surface area contributed by atoms with Crippen LogP contribution in [0.4, 0.5) is 4.79 Å². The van der Waals surface area contributed by atoms with Gasteiger partial charge in [0.1, 0.15) is 5.78 Å². The Morgan fingerprint density at radius 1 is 1.28 bits per heavy atom. The maximum atomic E-state index is 11.6. The number of piperidine rings is 1. The molecule has 1 aliphatic heterocycles. The molecule has 1 atom stereocenters. The highest BCUT2D eigenvalue weighted by Crippen LogP contribution is 2.19. The van der Waals surface area contributed by atoms with E-state index in [0.29, 0.717) is 6.42 Å². The standard InChI is InChI=1S/C13H13NO4/c15-11-7-10(6-9-4-2-1-3-5-9)14(13(17)18)12(16)8-11/h1-5,10H,6-8H2,(H,17,18). The molecule has 2 rings (SSSR count). The fourth-order valence-electron chi connectivity index (χ4n) is 2.20. The Hall–Kier alpha value is -2.17. The van der Waals surface area contributed by atoms with Crippen LogP contribution >= 0.6 is 0 Å². The fourth-order valence-corrected chi connectivity index (χ4v) is 2.20. The van der Waals surface area contributed by atoms with Gasteiger partial charge in [0, 0.05) is 6.42 Å². The highest BCUT2D eigenvalue weighted by Gasteiger charge is 2.36. The van der Waals surface area contributed by atoms with Crippen molar-refractivity contribution in [1.82, 2.24) is 4.90 Å². The number of amides is 2. The van der Waals surface area contributed by atoms with Crippen LogP contribution in [0.15, 0.2) is 30.3 Å². The molecule has 1 aliphatic rings. The minimum absolute atomic E-state index is 0.104. The van der Waals surface area contributed by atoms with Gasteiger partial charge < -0.3 is 5.11 Å². The average Bonchev–Trinajstić information content (AvgIpc) is 2.28. The molecule has 1 aromatic rings. The lowest BCUT2D eigenvalue weighted by Gasteiger charge is -2.31. The largest absolute Gasteiger partial charge is 0.465 e. The molecule has 0 aliphatic carbocycles. The van der Waals surface area contributed by atoms with Gasteiger partial charge in [-0.3, -0.25) is 9.59 Å². The Bertz CT molecular complexity index is 483. The lowest BCUT2D eigenvalue weighted by molar-refractivity contribution is -0.140. The Morgan fingerprint density at radius 3 is 2.56 bits per heavy atom. The molecular formula is C13H13NO4. The maximum Gasteiger partial charge on any atom is 0.414 e. The second kappa shape index (κ2) is 5.00. The lowest BCUT2D eigenvalue weighted by atomic mass is 9.95. The second-order valence-corrected chi connectivity index (χ2v) is 4.31. The van der Waals surface area contributed by atoms with E-state index in [1.807, 2.05) is 30.3 Å². The zero-order valence-corrected chi connectivity index (χ0v) is 9.70. The molecule has 18 heavy (non-hydrogen) atoms. The van der Waals surface area contributed by atoms with E-state index < -0.39 is 18.0 Å². The normalized spacial score (nSPS) is 20.0. The van der Waals surface area contributed by atoms with Crippen molar-refractivity contribution in [2.75, 3.05) is 0 Å². The molecule has 5 heteroatoms. The smallest absolute Gasteiger partial charge is 0.414 e. The van der Waals surface area contributed by atoms with Gasteiger partial charge in [-0.05, 0) is 12.0 Å². The third kappa shape index (κ3) is 2.56. The summed E-state index contributed by atoms with van der Waals surface area (Å²) >= 11 is 0. The van der Waals surface area contributed by atoms with Gasteiger partial charge in [0.2, 0.25) is 5.91 Å². The SMILES string of the molecule is O=C1CC(=O)N(C(=O)O)C(Cc2ccccc2)C1. The van der Waals surface area contributed by atoms with Gasteiger partial charge in [-0.2, -0.15) is 0 Å². The van der Waals surface area contributed by atoms with Crippen molar-refractivity contribution >= 4 is 17.8 Å². The summed E-state index contributed by atoms with van der Waals surface area (Å²) in [6.45, 7) is 0. The summed E-state index contributed by atoms with van der Waals surface area (Å²) in [4.78, 5) is 34.8. The van der Waals surface area contributed by atoms with Crippen LogP contribution in [0.5, 0.6) is 0 Å². The van der Waals surface area contributed by atoms with Gasteiger partial charge >= 0.3 is 6.09 Å². The van der Waals surface area contributed by atoms with E-state index in [4.69, 9.17) is 5.11 Å². The zero-order valence-electron chi connectivity index (χ0n) is 9.70. The van der Waals surface area contributed by atoms with Crippen molar-refractivity contribution in [3.63, 3.8) is 0 Å². The number of ketones is 1. The Kier molecular flexibility index (Phi) is 3.41. The molecule has 1 heterocycles. The van der Waals surface area contributed by atoms with Crippen molar-refractivity contribution in [2.24, 2.45) is 0 Å². The van der Waals surface area contributed by atoms with Crippen molar-refractivity contribution in [2.45, 2.75) is 25.3 Å². The van der Waals surface area contributed by atoms with Gasteiger partial charge in [0.05, 0.1) is 12.5 Å². The summed E-state index contributed by atoms with van der Waals surface area (Å²) < 4.78 is 0. The number of carbonyl (C=O) groups is 3. The van der Waals surface area contributed by atoms with Crippen LogP contribution in [0.1, 0.15) is 18.4 Å². The van der Waals surface area contributed by atoms with Crippen LogP contribution in [0, 0.1) is 0 Å². The van der Waals surface area contributed by atoms with Gasteiger partial charge in [0.15, 0.2) is 0 Å². The highest BCUT2D eigenvalue weighted by molar-refractivity contribution is 6.06. The number of imide groups is 1. The van der Waals surface area contributed by atoms with Crippen molar-refractivity contribution in [3.8, 4) is 0 Å². The Labute approximate surface area is 104 Å². The minimum Gasteiger partial charge on any atom is -0.465 e. The van der Waals surface area contributed by atoms with Crippen LogP contribution in [0.3, 0.4) is 0 Å². The molecule has 0 spiro atoms. The lowest BCUT2D eigenvalue weighted by Crippen LogP contribution is -2.50. The third-order valence-corrected chi connectivity index (χ3v) is 2.97. The van der Waals surface area contributed by atoms with Gasteiger partial charge in [-0.15, -0.1) is 0 Å². The first-order valence-corrected chi connectivity index (χ1v) is 5.68. The first kappa shape index (κ1) is 12.3. The number of rotatable bonds is 2. The third-order valence-electron chi connectivity index (χ3n) is 2.97. The fraction of sp³-hybridized carbons (Fsp3) is 0.308. The van der Waals surface area contributed by atoms with Gasteiger partial charge in [-0.25, -0.2) is 9.69 Å². The number of Topliss-reactive ketones (excluding diaryl/α,β-unsaturated/α-hetero) is 1. The quantitative estimate of drug-likeness (QED) is 0.803. The van der Waals surface area contributed by atoms with E-state index in [2.05, 4.69) is 0 Å². The van der Waals surface area contributed by atoms with Gasteiger partial charge in [0.25, 0.3) is 0 Å². The molecule has 5 nitrogen and oxygen atoms in total. The van der Waals surface area contributed by atoms with Crippen LogP contribution in [0.2, 0.25) is 0 Å². The molecule has 1 fully saturated rings. The van der Waals surface area contributed by atoms with E-state index in [1.54, 1.807) is 0 Å². The van der Waals surface area contributed by atoms with E-state index in [-0.39, 0.29) is 18.6 Å². The number of carbonyl (C=O) groups excluding carboxylic acids is 2. The van der Waals surface area contributed by atoms with Crippen LogP contribution in [-0.2, 0) is 16.0 Å². The number of benzene rings is 1. The molecule has 1 N–H and O–H groups in total. The molecule has 1 unspecified atom stereocenters. The second-order valence-electron chi connectivity index (χ2n) is 4.31. The van der Waals surface area contributed by atoms with E-state index >= 15 is 0 Å². The molecule has 1 aromatic carbocycles. The average molecular weight is 247 g/mol. The van der Waals surface area contributed by atoms with Crippen molar-refractivity contribution < 1.29 is 19.5 Å². The summed E-state index contributed by atoms with van der Waals surface area (Å²) in [6.07, 6.45) is -1.11. The summed E-state index contributed by atoms with van der Waals surface area (Å²) in [5.74, 6) is -0.821. The minimum atomic E-state index is -1.28. The van der Waals surface area contributed by atoms with Gasteiger partial charge in [-0.1, -0.05) is 30.3 Å². The number of likely N-dealkylation sites (tertiary alicyclic amines) is 1. The number of nitrogens with zero attached hydrogens (tertiary/aromatic N) is 1. The molecule has 0 bridgehead atoms. The molecule has 0 saturated carbocycles. The molecule has 2 amide bonds. The predicted molar refractivity (Wildman–Crippen MR) is 63.0 cm³/mol. The predicted octanol–water partition coefficient (Wildman–Crippen LogP) is 1.47. The summed E-state index contributed by atoms with van der Waals surface area (Å²) in [6, 6.07) is 8.65. The van der Waals surface area contributed by atoms with E-state index in [9.17, 15) is 14.4 Å². The summed E-state index contributed by atoms with van der Waals surface area (Å²) in [5, 5.41) is 9.04. The molecule has 0 aromatic heterocycles. The Balaban J connectivity index is 2.20. The summed E-state index contributed by atoms with van der Waals surface area (Å²) in [7, 11) is 0. The number of carboxylic acid groups (broad SMARTS) is 1. The number of hydrogen-bond donors (Lipinski definition) is 1. The van der Waals surface area contributed by atoms with E-state index in [1.165, 1.54) is 0 Å². The first-order chi connectivity index (χ1) is 8.58. The van der Waals surface area contributed by atoms with E-state index in [0.717, 1.165) is 10.5 Å². The first-order valence-electron chi connectivity index (χ1n) is 5.68. The van der Waals surface area contributed by atoms with Crippen molar-refractivity contribution in [1.29, 1.82) is 0 Å². The topological polar surface area (TPSA) is 74.7 Å². The maximum absolute atomic E-state index is 11.6. The number of hydrogen-bond acceptors (Lipinski definition) is 3. The van der Waals surface area contributed by atoms with Crippen LogP contribution in [0.25, 0.3) is 0 Å². The molecule has 0 radical (unpaired) electrons. The van der Waals surface area contributed by atoms with Crippen molar-refractivity contribution in [3.05, 3.63) is 35.9 Å². The molecule has 94 valence electrons. The molecule has 1 saturated heterocycles. The Morgan fingerprint density at radius 2 is 1.94 bits per heavy atom. The highest BCUT2D eigenvalue weighted by atomic mass is 16.4. The monoisotopic (exact) mass is 247 g/mol. The molecular weight excluding hydrogens is 234 g/mol. The zero-order chi connectivity index (χ0) is 13.1.